The third-order valence-corrected chi connectivity index (χ3v) is 14.8. The van der Waals surface area contributed by atoms with Crippen molar-refractivity contribution in [3.8, 4) is 22.3 Å². The van der Waals surface area contributed by atoms with Crippen LogP contribution in [-0.4, -0.2) is 0 Å². The molecule has 1 heterocycles. The molecule has 4 fully saturated rings. The van der Waals surface area contributed by atoms with Crippen molar-refractivity contribution in [3.63, 3.8) is 0 Å². The van der Waals surface area contributed by atoms with E-state index in [1.165, 1.54) is 91.2 Å². The fraction of sp³-hybridized carbons (Fsp3) is 0.265. The molecule has 7 aromatic rings. The first kappa shape index (κ1) is 29.3. The number of rotatable bonds is 6. The van der Waals surface area contributed by atoms with Crippen molar-refractivity contribution >= 4 is 31.5 Å². The molecule has 0 N–H and O–H groups in total. The Balaban J connectivity index is 0.935. The predicted octanol–water partition coefficient (Wildman–Crippen LogP) is 13.2. The van der Waals surface area contributed by atoms with Crippen LogP contribution in [0.1, 0.15) is 72.3 Å². The largest absolute Gasteiger partial charge is 0.135 e. The van der Waals surface area contributed by atoms with Gasteiger partial charge in [0.1, 0.15) is 0 Å². The van der Waals surface area contributed by atoms with Gasteiger partial charge in [0.2, 0.25) is 0 Å². The lowest BCUT2D eigenvalue weighted by atomic mass is 9.43. The first-order chi connectivity index (χ1) is 24.7. The molecule has 1 aromatic heterocycles. The normalized spacial score (nSPS) is 25.0. The minimum atomic E-state index is 0.237. The van der Waals surface area contributed by atoms with Crippen LogP contribution in [0, 0.1) is 23.7 Å². The molecule has 0 saturated heterocycles. The van der Waals surface area contributed by atoms with E-state index in [1.54, 1.807) is 11.1 Å². The average molecular weight is 663 g/mol. The molecule has 244 valence electrons. The van der Waals surface area contributed by atoms with Gasteiger partial charge in [-0.15, -0.1) is 11.3 Å². The second kappa shape index (κ2) is 11.3. The predicted molar refractivity (Wildman–Crippen MR) is 211 cm³/mol. The third-order valence-electron chi connectivity index (χ3n) is 13.6. The molecule has 5 aliphatic carbocycles. The summed E-state index contributed by atoms with van der Waals surface area (Å²) in [5, 5.41) is 2.72. The molecular weight excluding hydrogens is 621 g/mol. The molecular formula is C49H42S. The molecule has 50 heavy (non-hydrogen) atoms. The molecule has 12 rings (SSSR count). The van der Waals surface area contributed by atoms with Crippen molar-refractivity contribution in [3.05, 3.63) is 167 Å². The van der Waals surface area contributed by atoms with Gasteiger partial charge in [0.25, 0.3) is 0 Å². The maximum absolute atomic E-state index is 2.69. The quantitative estimate of drug-likeness (QED) is 0.166. The summed E-state index contributed by atoms with van der Waals surface area (Å²) in [6.45, 7) is 0. The number of thiophene rings is 1. The Kier molecular flexibility index (Phi) is 6.60. The lowest BCUT2D eigenvalue weighted by Crippen LogP contribution is -2.55. The van der Waals surface area contributed by atoms with Crippen molar-refractivity contribution < 1.29 is 0 Å². The molecule has 6 aromatic carbocycles. The highest BCUT2D eigenvalue weighted by molar-refractivity contribution is 7.26. The molecule has 5 aliphatic rings. The van der Waals surface area contributed by atoms with Crippen LogP contribution in [0.4, 0.5) is 0 Å². The monoisotopic (exact) mass is 662 g/mol. The van der Waals surface area contributed by atoms with Gasteiger partial charge >= 0.3 is 0 Å². The van der Waals surface area contributed by atoms with E-state index < -0.39 is 0 Å². The summed E-state index contributed by atoms with van der Waals surface area (Å²) in [6, 6.07) is 53.6. The highest BCUT2D eigenvalue weighted by Crippen LogP contribution is 2.69. The Labute approximate surface area is 299 Å². The summed E-state index contributed by atoms with van der Waals surface area (Å²) in [7, 11) is 0. The smallest absolute Gasteiger partial charge is 0.0433 e. The fourth-order valence-corrected chi connectivity index (χ4v) is 13.0. The first-order valence-corrected chi connectivity index (χ1v) is 19.8. The van der Waals surface area contributed by atoms with Gasteiger partial charge in [0.05, 0.1) is 0 Å². The fourth-order valence-electron chi connectivity index (χ4n) is 11.7. The molecule has 1 atom stereocenters. The molecule has 1 unspecified atom stereocenters. The highest BCUT2D eigenvalue weighted by Gasteiger charge is 2.61. The zero-order valence-corrected chi connectivity index (χ0v) is 29.3. The van der Waals surface area contributed by atoms with Gasteiger partial charge in [0.15, 0.2) is 0 Å². The van der Waals surface area contributed by atoms with E-state index in [0.717, 1.165) is 36.5 Å². The van der Waals surface area contributed by atoms with Gasteiger partial charge in [-0.1, -0.05) is 133 Å². The lowest BCUT2D eigenvalue weighted by Gasteiger charge is -2.61. The Hall–Kier alpha value is -4.46. The van der Waals surface area contributed by atoms with Gasteiger partial charge in [-0.25, -0.2) is 0 Å². The highest BCUT2D eigenvalue weighted by atomic mass is 32.1. The number of fused-ring (bicyclic) bond motifs is 6. The minimum Gasteiger partial charge on any atom is -0.135 e. The van der Waals surface area contributed by atoms with Crippen molar-refractivity contribution in [2.75, 3.05) is 0 Å². The van der Waals surface area contributed by atoms with Crippen LogP contribution in [0.15, 0.2) is 140 Å². The first-order valence-electron chi connectivity index (χ1n) is 19.0. The van der Waals surface area contributed by atoms with Crippen LogP contribution in [0.25, 0.3) is 42.4 Å². The molecule has 0 aliphatic heterocycles. The number of hydrogen-bond acceptors (Lipinski definition) is 1. The summed E-state index contributed by atoms with van der Waals surface area (Å²) in [5.41, 5.74) is 13.6. The van der Waals surface area contributed by atoms with Crippen molar-refractivity contribution in [2.45, 2.75) is 56.3 Å². The zero-order valence-electron chi connectivity index (χ0n) is 28.5. The number of hydrogen-bond donors (Lipinski definition) is 0. The van der Waals surface area contributed by atoms with E-state index in [9.17, 15) is 0 Å². The van der Waals surface area contributed by atoms with Crippen molar-refractivity contribution in [1.82, 2.24) is 0 Å². The van der Waals surface area contributed by atoms with E-state index in [1.807, 2.05) is 11.3 Å². The van der Waals surface area contributed by atoms with E-state index in [-0.39, 0.29) is 5.41 Å². The maximum atomic E-state index is 2.69. The van der Waals surface area contributed by atoms with E-state index in [0.29, 0.717) is 5.92 Å². The SMILES string of the molecule is c1ccc(C(CCc2ccc3c(c2)C2(c4ccccc4-3)C3CC4CC(C3)CC2C4)c2ccc(-c3cccc4c3sc3ccccc34)cc2)cc1. The molecule has 4 bridgehead atoms. The maximum Gasteiger partial charge on any atom is 0.0433 e. The average Bonchev–Trinajstić information content (AvgIpc) is 3.68. The number of benzene rings is 6. The number of aryl methyl sites for hydroxylation is 1. The Morgan fingerprint density at radius 2 is 1.20 bits per heavy atom. The second-order valence-corrected chi connectivity index (χ2v) is 17.1. The van der Waals surface area contributed by atoms with Gasteiger partial charge in [-0.2, -0.15) is 0 Å². The Bertz CT molecular complexity index is 2360. The van der Waals surface area contributed by atoms with Crippen molar-refractivity contribution in [1.29, 1.82) is 0 Å². The summed E-state index contributed by atoms with van der Waals surface area (Å²) in [4.78, 5) is 0. The van der Waals surface area contributed by atoms with Crippen LogP contribution in [0.5, 0.6) is 0 Å². The summed E-state index contributed by atoms with van der Waals surface area (Å²) < 4.78 is 2.75. The van der Waals surface area contributed by atoms with Crippen LogP contribution in [0.3, 0.4) is 0 Å². The molecule has 0 amide bonds. The van der Waals surface area contributed by atoms with Crippen molar-refractivity contribution in [2.24, 2.45) is 23.7 Å². The van der Waals surface area contributed by atoms with Gasteiger partial charge in [-0.3, -0.25) is 0 Å². The van der Waals surface area contributed by atoms with Gasteiger partial charge in [-0.05, 0) is 125 Å². The van der Waals surface area contributed by atoms with Gasteiger partial charge < -0.3 is 0 Å². The molecule has 0 radical (unpaired) electrons. The third kappa shape index (κ3) is 4.29. The molecule has 1 heteroatoms. The van der Waals surface area contributed by atoms with E-state index in [4.69, 9.17) is 0 Å². The van der Waals surface area contributed by atoms with Crippen LogP contribution >= 0.6 is 11.3 Å². The molecule has 1 spiro atoms. The topological polar surface area (TPSA) is 0 Å². The van der Waals surface area contributed by atoms with E-state index in [2.05, 4.69) is 140 Å². The lowest BCUT2D eigenvalue weighted by molar-refractivity contribution is -0.0399. The zero-order chi connectivity index (χ0) is 32.8. The molecule has 0 nitrogen and oxygen atoms in total. The van der Waals surface area contributed by atoms with Crippen LogP contribution in [0.2, 0.25) is 0 Å². The summed E-state index contributed by atoms with van der Waals surface area (Å²) >= 11 is 1.92. The van der Waals surface area contributed by atoms with Gasteiger partial charge in [0, 0.05) is 31.5 Å². The summed E-state index contributed by atoms with van der Waals surface area (Å²) in [6.07, 6.45) is 9.44. The second-order valence-electron chi connectivity index (χ2n) is 16.0. The summed E-state index contributed by atoms with van der Waals surface area (Å²) in [5.74, 6) is 3.92. The Morgan fingerprint density at radius 3 is 2.02 bits per heavy atom. The molecule has 4 saturated carbocycles. The van der Waals surface area contributed by atoms with Crippen LogP contribution < -0.4 is 0 Å². The van der Waals surface area contributed by atoms with Crippen LogP contribution in [-0.2, 0) is 11.8 Å². The standard InChI is InChI=1S/C49H42S/c1-2-9-34(10-3-1)39(35-19-21-36(22-20-35)40-13-8-14-44-43-12-5-7-16-47(43)50-48(40)44)23-17-31-18-24-42-41-11-4-6-15-45(41)49(46(42)30-31)37-26-32-25-33(28-37)29-38(49)27-32/h1-16,18-22,24,30,32-33,37-39H,17,23,25-29H2. The minimum absolute atomic E-state index is 0.237. The Morgan fingerprint density at radius 1 is 0.540 bits per heavy atom. The van der Waals surface area contributed by atoms with E-state index >= 15 is 0 Å².